The molecule has 1 aromatic heterocycles. The van der Waals surface area contributed by atoms with Gasteiger partial charge >= 0.3 is 5.97 Å². The van der Waals surface area contributed by atoms with Crippen LogP contribution in [0, 0.1) is 0 Å². The minimum absolute atomic E-state index is 0.0824. The SMILES string of the molecule is COC(=O)c1sc(Oc2ccc(Br)cc2)nc1Cl. The summed E-state index contributed by atoms with van der Waals surface area (Å²) >= 11 is 10.2. The Kier molecular flexibility index (Phi) is 4.21. The summed E-state index contributed by atoms with van der Waals surface area (Å²) in [4.78, 5) is 15.5. The van der Waals surface area contributed by atoms with E-state index < -0.39 is 5.97 Å². The molecule has 0 spiro atoms. The average Bonchev–Trinajstić information content (AvgIpc) is 2.72. The molecule has 0 bridgehead atoms. The number of benzene rings is 1. The van der Waals surface area contributed by atoms with Gasteiger partial charge in [-0.1, -0.05) is 38.9 Å². The van der Waals surface area contributed by atoms with Gasteiger partial charge in [0, 0.05) is 4.47 Å². The molecule has 0 unspecified atom stereocenters. The van der Waals surface area contributed by atoms with Crippen LogP contribution in [-0.4, -0.2) is 18.1 Å². The third-order valence-electron chi connectivity index (χ3n) is 1.96. The lowest BCUT2D eigenvalue weighted by Crippen LogP contribution is -1.98. The largest absolute Gasteiger partial charge is 0.465 e. The number of carbonyl (C=O) groups is 1. The van der Waals surface area contributed by atoms with E-state index in [-0.39, 0.29) is 10.0 Å². The summed E-state index contributed by atoms with van der Waals surface area (Å²) in [5, 5.41) is 0.377. The number of thiazole rings is 1. The van der Waals surface area contributed by atoms with Gasteiger partial charge in [-0.2, -0.15) is 4.98 Å². The lowest BCUT2D eigenvalue weighted by atomic mass is 10.3. The molecule has 4 nitrogen and oxygen atoms in total. The molecule has 1 heterocycles. The van der Waals surface area contributed by atoms with E-state index >= 15 is 0 Å². The van der Waals surface area contributed by atoms with Gasteiger partial charge in [-0.15, -0.1) is 0 Å². The van der Waals surface area contributed by atoms with Crippen LogP contribution in [0.15, 0.2) is 28.7 Å². The van der Waals surface area contributed by atoms with Crippen LogP contribution in [0.2, 0.25) is 5.15 Å². The number of hydrogen-bond acceptors (Lipinski definition) is 5. The summed E-state index contributed by atoms with van der Waals surface area (Å²) in [6, 6.07) is 7.23. The third-order valence-corrected chi connectivity index (χ3v) is 3.78. The fourth-order valence-corrected chi connectivity index (χ4v) is 2.48. The molecule has 7 heteroatoms. The molecule has 0 fully saturated rings. The fourth-order valence-electron chi connectivity index (χ4n) is 1.15. The fraction of sp³-hybridized carbons (Fsp3) is 0.0909. The molecule has 0 saturated heterocycles. The van der Waals surface area contributed by atoms with Crippen molar-refractivity contribution in [2.45, 2.75) is 0 Å². The summed E-state index contributed by atoms with van der Waals surface area (Å²) < 4.78 is 11.0. The lowest BCUT2D eigenvalue weighted by Gasteiger charge is -2.00. The lowest BCUT2D eigenvalue weighted by molar-refractivity contribution is 0.0606. The molecule has 2 aromatic rings. The second kappa shape index (κ2) is 5.69. The number of methoxy groups -OCH3 is 1. The van der Waals surface area contributed by atoms with Crippen molar-refractivity contribution in [3.05, 3.63) is 38.8 Å². The Hall–Kier alpha value is -1.11. The quantitative estimate of drug-likeness (QED) is 0.782. The van der Waals surface area contributed by atoms with Gasteiger partial charge in [0.1, 0.15) is 5.75 Å². The van der Waals surface area contributed by atoms with Crippen molar-refractivity contribution < 1.29 is 14.3 Å². The van der Waals surface area contributed by atoms with E-state index in [2.05, 4.69) is 25.7 Å². The van der Waals surface area contributed by atoms with E-state index in [9.17, 15) is 4.79 Å². The highest BCUT2D eigenvalue weighted by Crippen LogP contribution is 2.32. The van der Waals surface area contributed by atoms with E-state index in [1.54, 1.807) is 12.1 Å². The van der Waals surface area contributed by atoms with Crippen LogP contribution in [0.3, 0.4) is 0 Å². The van der Waals surface area contributed by atoms with Gasteiger partial charge in [0.15, 0.2) is 10.0 Å². The minimum atomic E-state index is -0.525. The van der Waals surface area contributed by atoms with Crippen molar-refractivity contribution in [1.29, 1.82) is 0 Å². The van der Waals surface area contributed by atoms with E-state index in [4.69, 9.17) is 16.3 Å². The van der Waals surface area contributed by atoms with Gasteiger partial charge in [0.25, 0.3) is 5.19 Å². The van der Waals surface area contributed by atoms with E-state index in [0.717, 1.165) is 15.8 Å². The van der Waals surface area contributed by atoms with Crippen molar-refractivity contribution in [2.24, 2.45) is 0 Å². The number of halogens is 2. The van der Waals surface area contributed by atoms with Crippen LogP contribution in [-0.2, 0) is 4.74 Å². The van der Waals surface area contributed by atoms with Crippen molar-refractivity contribution in [3.8, 4) is 10.9 Å². The van der Waals surface area contributed by atoms with Crippen molar-refractivity contribution >= 4 is 44.8 Å². The Morgan fingerprint density at radius 3 is 2.67 bits per heavy atom. The zero-order chi connectivity index (χ0) is 13.1. The maximum Gasteiger partial charge on any atom is 0.351 e. The maximum absolute atomic E-state index is 11.3. The number of esters is 1. The number of aromatic nitrogens is 1. The first-order valence-corrected chi connectivity index (χ1v) is 6.77. The minimum Gasteiger partial charge on any atom is -0.465 e. The van der Waals surface area contributed by atoms with E-state index in [1.165, 1.54) is 7.11 Å². The molecule has 0 amide bonds. The summed E-state index contributed by atoms with van der Waals surface area (Å²) in [6.45, 7) is 0. The standard InChI is InChI=1S/C11H7BrClNO3S/c1-16-10(15)8-9(13)14-11(18-8)17-7-4-2-6(12)3-5-7/h2-5H,1H3. The van der Waals surface area contributed by atoms with Gasteiger partial charge in [-0.05, 0) is 24.3 Å². The average molecular weight is 349 g/mol. The molecule has 0 radical (unpaired) electrons. The van der Waals surface area contributed by atoms with Crippen LogP contribution in [0.4, 0.5) is 0 Å². The molecule has 0 aliphatic rings. The first kappa shape index (κ1) is 13.3. The second-order valence-electron chi connectivity index (χ2n) is 3.15. The predicted octanol–water partition coefficient (Wildman–Crippen LogP) is 4.14. The summed E-state index contributed by atoms with van der Waals surface area (Å²) in [5.41, 5.74) is 0. The summed E-state index contributed by atoms with van der Waals surface area (Å²) in [7, 11) is 1.29. The highest BCUT2D eigenvalue weighted by Gasteiger charge is 2.18. The number of rotatable bonds is 3. The molecule has 0 saturated carbocycles. The molecule has 0 aliphatic heterocycles. The molecule has 2 rings (SSSR count). The Labute approximate surface area is 121 Å². The van der Waals surface area contributed by atoms with Crippen molar-refractivity contribution in [3.63, 3.8) is 0 Å². The first-order valence-electron chi connectivity index (χ1n) is 4.78. The Balaban J connectivity index is 2.20. The van der Waals surface area contributed by atoms with Gasteiger partial charge < -0.3 is 9.47 Å². The zero-order valence-corrected chi connectivity index (χ0v) is 12.3. The molecule has 0 N–H and O–H groups in total. The van der Waals surface area contributed by atoms with Gasteiger partial charge in [-0.3, -0.25) is 0 Å². The number of hydrogen-bond donors (Lipinski definition) is 0. The van der Waals surface area contributed by atoms with Crippen LogP contribution in [0.25, 0.3) is 0 Å². The third kappa shape index (κ3) is 3.01. The van der Waals surface area contributed by atoms with Crippen LogP contribution in [0.5, 0.6) is 10.9 Å². The van der Waals surface area contributed by atoms with E-state index in [1.807, 2.05) is 12.1 Å². The van der Waals surface area contributed by atoms with Gasteiger partial charge in [0.05, 0.1) is 7.11 Å². The highest BCUT2D eigenvalue weighted by atomic mass is 79.9. The predicted molar refractivity (Wildman–Crippen MR) is 72.7 cm³/mol. The van der Waals surface area contributed by atoms with Crippen LogP contribution in [0.1, 0.15) is 9.67 Å². The number of nitrogens with zero attached hydrogens (tertiary/aromatic N) is 1. The van der Waals surface area contributed by atoms with E-state index in [0.29, 0.717) is 10.9 Å². The highest BCUT2D eigenvalue weighted by molar-refractivity contribution is 9.10. The normalized spacial score (nSPS) is 10.2. The number of ether oxygens (including phenoxy) is 2. The number of carbonyl (C=O) groups excluding carboxylic acids is 1. The Morgan fingerprint density at radius 2 is 2.06 bits per heavy atom. The molecule has 0 aliphatic carbocycles. The molecular formula is C11H7BrClNO3S. The molecule has 18 heavy (non-hydrogen) atoms. The maximum atomic E-state index is 11.3. The second-order valence-corrected chi connectivity index (χ2v) is 5.38. The molecular weight excluding hydrogens is 342 g/mol. The van der Waals surface area contributed by atoms with Crippen LogP contribution >= 0.6 is 38.9 Å². The Morgan fingerprint density at radius 1 is 1.39 bits per heavy atom. The zero-order valence-electron chi connectivity index (χ0n) is 9.15. The van der Waals surface area contributed by atoms with Crippen molar-refractivity contribution in [2.75, 3.05) is 7.11 Å². The molecule has 94 valence electrons. The van der Waals surface area contributed by atoms with Crippen molar-refractivity contribution in [1.82, 2.24) is 4.98 Å². The topological polar surface area (TPSA) is 48.4 Å². The Bertz CT molecular complexity index is 570. The monoisotopic (exact) mass is 347 g/mol. The summed E-state index contributed by atoms with van der Waals surface area (Å²) in [6.07, 6.45) is 0. The van der Waals surface area contributed by atoms with Gasteiger partial charge in [0.2, 0.25) is 0 Å². The smallest absolute Gasteiger partial charge is 0.351 e. The van der Waals surface area contributed by atoms with Crippen LogP contribution < -0.4 is 4.74 Å². The first-order chi connectivity index (χ1) is 8.60. The molecule has 0 atom stereocenters. The van der Waals surface area contributed by atoms with Gasteiger partial charge in [-0.25, -0.2) is 4.79 Å². The summed E-state index contributed by atoms with van der Waals surface area (Å²) in [5.74, 6) is 0.0863. The molecule has 1 aromatic carbocycles.